The number of carboxylic acid groups (broad SMARTS) is 1. The molecule has 0 saturated heterocycles. The van der Waals surface area contributed by atoms with Crippen LogP contribution in [0.4, 0.5) is 18.4 Å². The molecule has 0 radical (unpaired) electrons. The number of nitrogens with one attached hydrogen (secondary N) is 4. The second kappa shape index (κ2) is 14.7. The number of ether oxygens (including phenoxy) is 1. The van der Waals surface area contributed by atoms with Crippen molar-refractivity contribution >= 4 is 48.0 Å². The van der Waals surface area contributed by atoms with Crippen molar-refractivity contribution in [2.24, 2.45) is 10.4 Å². The lowest BCUT2D eigenvalue weighted by Crippen LogP contribution is -2.49. The molecule has 0 bridgehead atoms. The summed E-state index contributed by atoms with van der Waals surface area (Å²) in [5.41, 5.74) is 3.27. The molecule has 5 N–H and O–H groups in total. The minimum Gasteiger partial charge on any atom is -0.465 e. The standard InChI is InChI=1S/C33H35ClF2N8O7/c1-32(2,3)16-33(21-7-4-18(5-8-21)20-13-38-43(14-20)28(35)36)27(47)44(29(41-33)40-30(48)49)25(15-51-31(50)39-22-9-10-22)19-6-11-24(34)23(12-19)26(46)42-37-17-45/h4-8,11-14,17,22,25,28H,9-10,15-16H2,1-3H3,(H,37,45)(H,39,50)(H,40,41)(H,42,46)(H,48,49)/t25-,33-/m1/s1. The van der Waals surface area contributed by atoms with Gasteiger partial charge >= 0.3 is 18.7 Å². The van der Waals surface area contributed by atoms with Crippen LogP contribution in [0.3, 0.4) is 0 Å². The Hall–Kier alpha value is -5.58. The van der Waals surface area contributed by atoms with E-state index in [1.54, 1.807) is 24.3 Å². The first-order chi connectivity index (χ1) is 24.1. The van der Waals surface area contributed by atoms with Crippen LogP contribution in [0, 0.1) is 5.41 Å². The maximum absolute atomic E-state index is 15.0. The van der Waals surface area contributed by atoms with Crippen molar-refractivity contribution in [1.29, 1.82) is 0 Å². The number of carbonyl (C=O) groups is 5. The van der Waals surface area contributed by atoms with Gasteiger partial charge in [0.25, 0.3) is 11.8 Å². The van der Waals surface area contributed by atoms with Gasteiger partial charge in [-0.1, -0.05) is 62.7 Å². The molecule has 2 aromatic carbocycles. The summed E-state index contributed by atoms with van der Waals surface area (Å²) in [5.74, 6) is -1.86. The second-order valence-corrected chi connectivity index (χ2v) is 13.6. The van der Waals surface area contributed by atoms with E-state index in [4.69, 9.17) is 21.3 Å². The van der Waals surface area contributed by atoms with Gasteiger partial charge in [0.15, 0.2) is 5.54 Å². The average Bonchev–Trinajstić information content (AvgIpc) is 3.65. The summed E-state index contributed by atoms with van der Waals surface area (Å²) in [5, 5.41) is 18.4. The Morgan fingerprint density at radius 3 is 2.43 bits per heavy atom. The number of aromatic nitrogens is 2. The molecule has 1 aliphatic carbocycles. The van der Waals surface area contributed by atoms with Crippen LogP contribution in [0.15, 0.2) is 59.9 Å². The molecular weight excluding hydrogens is 694 g/mol. The van der Waals surface area contributed by atoms with Crippen molar-refractivity contribution in [3.05, 3.63) is 76.6 Å². The number of guanidine groups is 1. The Morgan fingerprint density at radius 1 is 1.14 bits per heavy atom. The summed E-state index contributed by atoms with van der Waals surface area (Å²) in [4.78, 5) is 69.3. The van der Waals surface area contributed by atoms with E-state index in [2.05, 4.69) is 21.2 Å². The summed E-state index contributed by atoms with van der Waals surface area (Å²) in [6.07, 6.45) is 2.02. The molecule has 5 amide bonds. The van der Waals surface area contributed by atoms with Gasteiger partial charge in [-0.2, -0.15) is 13.9 Å². The maximum Gasteiger partial charge on any atom is 0.411 e. The first kappa shape index (κ1) is 36.7. The van der Waals surface area contributed by atoms with E-state index < -0.39 is 54.2 Å². The molecule has 1 aromatic heterocycles. The highest BCUT2D eigenvalue weighted by Crippen LogP contribution is 2.45. The number of nitrogens with zero attached hydrogens (tertiary/aromatic N) is 4. The zero-order chi connectivity index (χ0) is 37.1. The third-order valence-corrected chi connectivity index (χ3v) is 8.38. The lowest BCUT2D eigenvalue weighted by Gasteiger charge is -2.35. The van der Waals surface area contributed by atoms with E-state index in [0.717, 1.165) is 17.7 Å². The Bertz CT molecular complexity index is 1860. The summed E-state index contributed by atoms with van der Waals surface area (Å²) >= 11 is 6.32. The van der Waals surface area contributed by atoms with Crippen molar-refractivity contribution in [3.8, 4) is 11.1 Å². The Labute approximate surface area is 295 Å². The highest BCUT2D eigenvalue weighted by Gasteiger charge is 2.54. The molecule has 0 unspecified atom stereocenters. The van der Waals surface area contributed by atoms with Crippen LogP contribution in [-0.2, 0) is 19.9 Å². The normalized spacial score (nSPS) is 17.8. The molecule has 0 spiro atoms. The number of aliphatic imine (C=N–C) groups is 1. The molecule has 1 fully saturated rings. The van der Waals surface area contributed by atoms with Crippen molar-refractivity contribution in [1.82, 2.24) is 36.2 Å². The van der Waals surface area contributed by atoms with Crippen LogP contribution in [-0.4, -0.2) is 68.8 Å². The van der Waals surface area contributed by atoms with Gasteiger partial charge in [-0.15, -0.1) is 0 Å². The Kier molecular flexibility index (Phi) is 10.6. The van der Waals surface area contributed by atoms with Gasteiger partial charge in [-0.05, 0) is 53.5 Å². The largest absolute Gasteiger partial charge is 0.465 e. The zero-order valence-electron chi connectivity index (χ0n) is 27.7. The highest BCUT2D eigenvalue weighted by atomic mass is 35.5. The predicted molar refractivity (Wildman–Crippen MR) is 178 cm³/mol. The van der Waals surface area contributed by atoms with Gasteiger partial charge in [0.05, 0.1) is 22.8 Å². The van der Waals surface area contributed by atoms with Crippen LogP contribution in [0.5, 0.6) is 0 Å². The maximum atomic E-state index is 15.0. The van der Waals surface area contributed by atoms with E-state index in [1.807, 2.05) is 26.2 Å². The second-order valence-electron chi connectivity index (χ2n) is 13.2. The smallest absolute Gasteiger partial charge is 0.411 e. The molecule has 1 saturated carbocycles. The van der Waals surface area contributed by atoms with Crippen molar-refractivity contribution in [3.63, 3.8) is 0 Å². The molecule has 270 valence electrons. The first-order valence-electron chi connectivity index (χ1n) is 15.7. The zero-order valence-corrected chi connectivity index (χ0v) is 28.4. The molecule has 3 aromatic rings. The number of alkyl carbamates (subject to hydrolysis) is 1. The van der Waals surface area contributed by atoms with Gasteiger partial charge in [-0.25, -0.2) is 19.3 Å². The minimum absolute atomic E-state index is 0.0124. The number of amides is 5. The first-order valence-corrected chi connectivity index (χ1v) is 16.1. The van der Waals surface area contributed by atoms with Crippen LogP contribution in [0.1, 0.15) is 74.1 Å². The molecule has 2 aliphatic rings. The number of hydrazine groups is 1. The monoisotopic (exact) mass is 728 g/mol. The van der Waals surface area contributed by atoms with Crippen LogP contribution >= 0.6 is 11.6 Å². The third-order valence-electron chi connectivity index (χ3n) is 8.05. The molecule has 15 nitrogen and oxygen atoms in total. The van der Waals surface area contributed by atoms with Crippen molar-refractivity contribution < 1.29 is 42.6 Å². The fraction of sp³-hybridized carbons (Fsp3) is 0.364. The van der Waals surface area contributed by atoms with E-state index in [9.17, 15) is 37.9 Å². The fourth-order valence-corrected chi connectivity index (χ4v) is 5.96. The fourth-order valence-electron chi connectivity index (χ4n) is 5.75. The number of halogens is 3. The molecule has 51 heavy (non-hydrogen) atoms. The quantitative estimate of drug-likeness (QED) is 0.131. The molecular formula is C33H35ClF2N8O7. The van der Waals surface area contributed by atoms with Crippen molar-refractivity contribution in [2.45, 2.75) is 64.2 Å². The van der Waals surface area contributed by atoms with Gasteiger partial charge < -0.3 is 15.2 Å². The van der Waals surface area contributed by atoms with E-state index in [1.165, 1.54) is 30.6 Å². The summed E-state index contributed by atoms with van der Waals surface area (Å²) in [7, 11) is 0. The topological polar surface area (TPSA) is 196 Å². The van der Waals surface area contributed by atoms with E-state index >= 15 is 0 Å². The number of alkyl halides is 2. The molecule has 2 atom stereocenters. The van der Waals surface area contributed by atoms with Crippen LogP contribution in [0.2, 0.25) is 5.02 Å². The number of carbonyl (C=O) groups excluding carboxylic acids is 4. The van der Waals surface area contributed by atoms with E-state index in [0.29, 0.717) is 21.4 Å². The van der Waals surface area contributed by atoms with Gasteiger partial charge in [0.2, 0.25) is 12.4 Å². The lowest BCUT2D eigenvalue weighted by molar-refractivity contribution is -0.135. The van der Waals surface area contributed by atoms with E-state index in [-0.39, 0.29) is 41.0 Å². The number of hydrogen-bond acceptors (Lipinski definition) is 8. The Balaban J connectivity index is 1.61. The molecule has 18 heteroatoms. The van der Waals surface area contributed by atoms with Gasteiger partial charge in [0, 0.05) is 17.8 Å². The number of hydrogen-bond donors (Lipinski definition) is 5. The van der Waals surface area contributed by atoms with Crippen LogP contribution in [0.25, 0.3) is 11.1 Å². The number of benzene rings is 2. The summed E-state index contributed by atoms with van der Waals surface area (Å²) in [6.45, 7) is 2.28. The molecule has 5 rings (SSSR count). The molecule has 1 aliphatic heterocycles. The molecule has 2 heterocycles. The Morgan fingerprint density at radius 2 is 1.84 bits per heavy atom. The van der Waals surface area contributed by atoms with Gasteiger partial charge in [0.1, 0.15) is 6.61 Å². The highest BCUT2D eigenvalue weighted by molar-refractivity contribution is 6.33. The SMILES string of the molecule is CC(C)(C)C[C@]1(c2ccc(-c3cnn(C(F)F)c3)cc2)N=C(NC(=O)O)N([C@H](COC(=O)NC2CC2)c2ccc(Cl)c(C(=O)NNC=O)c2)C1=O. The third kappa shape index (κ3) is 8.42. The summed E-state index contributed by atoms with van der Waals surface area (Å²) in [6, 6.07) is 9.28. The predicted octanol–water partition coefficient (Wildman–Crippen LogP) is 4.72. The van der Waals surface area contributed by atoms with Crippen molar-refractivity contribution in [2.75, 3.05) is 6.61 Å². The minimum atomic E-state index is -2.83. The lowest BCUT2D eigenvalue weighted by atomic mass is 9.75. The van der Waals surface area contributed by atoms with Gasteiger partial charge in [-0.3, -0.25) is 35.5 Å². The summed E-state index contributed by atoms with van der Waals surface area (Å²) < 4.78 is 32.4. The average molecular weight is 729 g/mol. The van der Waals surface area contributed by atoms with Crippen LogP contribution < -0.4 is 21.5 Å². The number of rotatable bonds is 12.